The molecule has 0 spiro atoms. The lowest BCUT2D eigenvalue weighted by atomic mass is 9.95. The van der Waals surface area contributed by atoms with Gasteiger partial charge in [0.25, 0.3) is 0 Å². The van der Waals surface area contributed by atoms with E-state index in [0.717, 1.165) is 5.56 Å². The molecule has 4 nitrogen and oxygen atoms in total. The molecule has 0 aliphatic carbocycles. The zero-order valence-corrected chi connectivity index (χ0v) is 13.8. The molecule has 0 saturated carbocycles. The van der Waals surface area contributed by atoms with Gasteiger partial charge in [-0.05, 0) is 53.4 Å². The average molecular weight is 360 g/mol. The second kappa shape index (κ2) is 7.02. The van der Waals surface area contributed by atoms with Gasteiger partial charge in [0, 0.05) is 5.92 Å². The van der Waals surface area contributed by atoms with Gasteiger partial charge < -0.3 is 10.4 Å². The molecule has 1 rings (SSSR count). The zero-order valence-electron chi connectivity index (χ0n) is 12.2. The summed E-state index contributed by atoms with van der Waals surface area (Å²) in [6, 6.07) is 4.56. The Kier molecular flexibility index (Phi) is 5.89. The normalized spacial score (nSPS) is 15.1. The van der Waals surface area contributed by atoms with Crippen molar-refractivity contribution in [1.29, 1.82) is 0 Å². The molecular formula is C15H19BrFNO3. The standard InChI is InChI=1S/C15H19BrFNO3/c1-4-15(3,14(20)21)18-13(19)9(2)7-10-5-6-12(17)11(16)8-10/h5-6,8-9H,4,7H2,1-3H3,(H,18,19)(H,20,21). The molecule has 1 aromatic rings. The summed E-state index contributed by atoms with van der Waals surface area (Å²) in [6.07, 6.45) is 0.701. The van der Waals surface area contributed by atoms with Gasteiger partial charge in [0.1, 0.15) is 11.4 Å². The maximum atomic E-state index is 13.2. The summed E-state index contributed by atoms with van der Waals surface area (Å²) in [5.74, 6) is -2.16. The van der Waals surface area contributed by atoms with E-state index in [2.05, 4.69) is 21.2 Å². The molecule has 1 aromatic carbocycles. The Morgan fingerprint density at radius 2 is 2.10 bits per heavy atom. The van der Waals surface area contributed by atoms with Gasteiger partial charge >= 0.3 is 5.97 Å². The van der Waals surface area contributed by atoms with E-state index < -0.39 is 17.4 Å². The minimum Gasteiger partial charge on any atom is -0.480 e. The fourth-order valence-electron chi connectivity index (χ4n) is 1.80. The van der Waals surface area contributed by atoms with Crippen molar-refractivity contribution in [3.63, 3.8) is 0 Å². The van der Waals surface area contributed by atoms with E-state index in [4.69, 9.17) is 5.11 Å². The highest BCUT2D eigenvalue weighted by molar-refractivity contribution is 9.10. The minimum absolute atomic E-state index is 0.295. The Balaban J connectivity index is 2.74. The van der Waals surface area contributed by atoms with Gasteiger partial charge in [-0.2, -0.15) is 0 Å². The van der Waals surface area contributed by atoms with Crippen LogP contribution in [-0.4, -0.2) is 22.5 Å². The number of aliphatic carboxylic acids is 1. The van der Waals surface area contributed by atoms with Gasteiger partial charge in [-0.25, -0.2) is 9.18 Å². The molecule has 21 heavy (non-hydrogen) atoms. The van der Waals surface area contributed by atoms with Gasteiger partial charge in [-0.3, -0.25) is 4.79 Å². The molecule has 2 N–H and O–H groups in total. The van der Waals surface area contributed by atoms with Gasteiger partial charge in [-0.1, -0.05) is 19.9 Å². The summed E-state index contributed by atoms with van der Waals surface area (Å²) in [4.78, 5) is 23.3. The fourth-order valence-corrected chi connectivity index (χ4v) is 2.23. The Morgan fingerprint density at radius 1 is 1.48 bits per heavy atom. The summed E-state index contributed by atoms with van der Waals surface area (Å²) < 4.78 is 13.5. The Morgan fingerprint density at radius 3 is 2.57 bits per heavy atom. The molecule has 2 unspecified atom stereocenters. The maximum absolute atomic E-state index is 13.2. The summed E-state index contributed by atoms with van der Waals surface area (Å²) in [7, 11) is 0. The Hall–Kier alpha value is -1.43. The number of rotatable bonds is 6. The van der Waals surface area contributed by atoms with Crippen LogP contribution in [0, 0.1) is 11.7 Å². The molecule has 0 aliphatic rings. The van der Waals surface area contributed by atoms with E-state index in [9.17, 15) is 14.0 Å². The molecular weight excluding hydrogens is 341 g/mol. The van der Waals surface area contributed by atoms with E-state index in [1.807, 2.05) is 0 Å². The lowest BCUT2D eigenvalue weighted by molar-refractivity contribution is -0.147. The van der Waals surface area contributed by atoms with Crippen LogP contribution in [0.5, 0.6) is 0 Å². The number of hydrogen-bond acceptors (Lipinski definition) is 2. The van der Waals surface area contributed by atoms with Crippen molar-refractivity contribution in [3.8, 4) is 0 Å². The summed E-state index contributed by atoms with van der Waals surface area (Å²) in [6.45, 7) is 4.90. The van der Waals surface area contributed by atoms with Crippen molar-refractivity contribution in [2.45, 2.75) is 39.2 Å². The summed E-state index contributed by atoms with van der Waals surface area (Å²) in [5.41, 5.74) is -0.464. The average Bonchev–Trinajstić information content (AvgIpc) is 2.42. The number of carboxylic acid groups (broad SMARTS) is 1. The molecule has 1 amide bonds. The lowest BCUT2D eigenvalue weighted by Gasteiger charge is -2.26. The van der Waals surface area contributed by atoms with E-state index in [-0.39, 0.29) is 11.7 Å². The third kappa shape index (κ3) is 4.52. The minimum atomic E-state index is -1.27. The van der Waals surface area contributed by atoms with Crippen molar-refractivity contribution in [2.24, 2.45) is 5.92 Å². The Labute approximate surface area is 131 Å². The molecule has 0 heterocycles. The van der Waals surface area contributed by atoms with Crippen LogP contribution in [0.15, 0.2) is 22.7 Å². The molecule has 116 valence electrons. The maximum Gasteiger partial charge on any atom is 0.329 e. The van der Waals surface area contributed by atoms with Crippen molar-refractivity contribution >= 4 is 27.8 Å². The van der Waals surface area contributed by atoms with Crippen LogP contribution in [0.2, 0.25) is 0 Å². The molecule has 0 aromatic heterocycles. The first kappa shape index (κ1) is 17.6. The lowest BCUT2D eigenvalue weighted by Crippen LogP contribution is -2.53. The second-order valence-corrected chi connectivity index (χ2v) is 6.19. The monoisotopic (exact) mass is 359 g/mol. The van der Waals surface area contributed by atoms with Crippen molar-refractivity contribution in [2.75, 3.05) is 0 Å². The Bertz CT molecular complexity index is 550. The van der Waals surface area contributed by atoms with Crippen LogP contribution in [0.4, 0.5) is 4.39 Å². The SMILES string of the molecule is CCC(C)(NC(=O)C(C)Cc1ccc(F)c(Br)c1)C(=O)O. The van der Waals surface area contributed by atoms with E-state index in [1.54, 1.807) is 26.0 Å². The number of carboxylic acids is 1. The summed E-state index contributed by atoms with van der Waals surface area (Å²) >= 11 is 3.10. The fraction of sp³-hybridized carbons (Fsp3) is 0.467. The van der Waals surface area contributed by atoms with E-state index >= 15 is 0 Å². The van der Waals surface area contributed by atoms with Crippen LogP contribution in [0.1, 0.15) is 32.8 Å². The highest BCUT2D eigenvalue weighted by Gasteiger charge is 2.33. The first-order valence-corrected chi connectivity index (χ1v) is 7.48. The van der Waals surface area contributed by atoms with Gasteiger partial charge in [-0.15, -0.1) is 0 Å². The molecule has 0 aliphatic heterocycles. The number of carbonyl (C=O) groups is 2. The van der Waals surface area contributed by atoms with Crippen molar-refractivity contribution < 1.29 is 19.1 Å². The number of nitrogens with one attached hydrogen (secondary N) is 1. The van der Waals surface area contributed by atoms with Gasteiger partial charge in [0.15, 0.2) is 0 Å². The number of amides is 1. The van der Waals surface area contributed by atoms with E-state index in [1.165, 1.54) is 13.0 Å². The number of hydrogen-bond donors (Lipinski definition) is 2. The molecule has 2 atom stereocenters. The van der Waals surface area contributed by atoms with Crippen molar-refractivity contribution in [3.05, 3.63) is 34.1 Å². The zero-order chi connectivity index (χ0) is 16.2. The number of benzene rings is 1. The quantitative estimate of drug-likeness (QED) is 0.819. The topological polar surface area (TPSA) is 66.4 Å². The van der Waals surface area contributed by atoms with Gasteiger partial charge in [0.05, 0.1) is 4.47 Å². The molecule has 0 fully saturated rings. The molecule has 6 heteroatoms. The third-order valence-electron chi connectivity index (χ3n) is 3.55. The van der Waals surface area contributed by atoms with Crippen molar-refractivity contribution in [1.82, 2.24) is 5.32 Å². The highest BCUT2D eigenvalue weighted by Crippen LogP contribution is 2.19. The largest absolute Gasteiger partial charge is 0.480 e. The molecule has 0 saturated heterocycles. The number of carbonyl (C=O) groups excluding carboxylic acids is 1. The predicted octanol–water partition coefficient (Wildman–Crippen LogP) is 3.14. The molecule has 0 radical (unpaired) electrons. The second-order valence-electron chi connectivity index (χ2n) is 5.33. The predicted molar refractivity (Wildman–Crippen MR) is 81.4 cm³/mol. The van der Waals surface area contributed by atoms with Crippen LogP contribution in [0.25, 0.3) is 0 Å². The smallest absolute Gasteiger partial charge is 0.329 e. The summed E-state index contributed by atoms with van der Waals surface area (Å²) in [5, 5.41) is 11.7. The van der Waals surface area contributed by atoms with Crippen LogP contribution < -0.4 is 5.32 Å². The highest BCUT2D eigenvalue weighted by atomic mass is 79.9. The first-order valence-electron chi connectivity index (χ1n) is 6.69. The third-order valence-corrected chi connectivity index (χ3v) is 4.16. The van der Waals surface area contributed by atoms with Gasteiger partial charge in [0.2, 0.25) is 5.91 Å². The van der Waals surface area contributed by atoms with Crippen LogP contribution in [-0.2, 0) is 16.0 Å². The first-order chi connectivity index (χ1) is 9.69. The van der Waals surface area contributed by atoms with Crippen LogP contribution in [0.3, 0.4) is 0 Å². The van der Waals surface area contributed by atoms with E-state index in [0.29, 0.717) is 17.3 Å². The number of halogens is 2. The van der Waals surface area contributed by atoms with Crippen LogP contribution >= 0.6 is 15.9 Å². The molecule has 0 bridgehead atoms.